The van der Waals surface area contributed by atoms with Crippen molar-refractivity contribution in [3.05, 3.63) is 29.4 Å². The first-order chi connectivity index (χ1) is 8.58. The minimum Gasteiger partial charge on any atom is -0.383 e. The fourth-order valence-electron chi connectivity index (χ4n) is 1.44. The van der Waals surface area contributed by atoms with Gasteiger partial charge in [-0.15, -0.1) is 11.6 Å². The number of nitrogens with two attached hydrogens (primary N) is 1. The molecule has 1 aromatic heterocycles. The van der Waals surface area contributed by atoms with Gasteiger partial charge in [0.15, 0.2) is 0 Å². The summed E-state index contributed by atoms with van der Waals surface area (Å²) in [5.41, 5.74) is 7.36. The molecule has 0 aliphatic carbocycles. The van der Waals surface area contributed by atoms with Gasteiger partial charge in [-0.2, -0.15) is 0 Å². The molecular weight excluding hydrogens is 252 g/mol. The molecule has 18 heavy (non-hydrogen) atoms. The third kappa shape index (κ3) is 4.00. The number of carbonyl (C=O) groups is 1. The first-order valence-electron chi connectivity index (χ1n) is 5.61. The first kappa shape index (κ1) is 14.4. The van der Waals surface area contributed by atoms with E-state index in [0.717, 1.165) is 24.1 Å². The normalized spacial score (nSPS) is 11.4. The molecule has 1 amide bonds. The van der Waals surface area contributed by atoms with Crippen LogP contribution in [0.25, 0.3) is 0 Å². The molecule has 1 rings (SSSR count). The van der Waals surface area contributed by atoms with E-state index in [1.54, 1.807) is 18.0 Å². The minimum absolute atomic E-state index is 0.361. The van der Waals surface area contributed by atoms with E-state index in [-0.39, 0.29) is 0 Å². The van der Waals surface area contributed by atoms with Crippen molar-refractivity contribution in [3.63, 3.8) is 0 Å². The predicted molar refractivity (Wildman–Crippen MR) is 71.9 cm³/mol. The number of aryl methyl sites for hydroxylation is 1. The van der Waals surface area contributed by atoms with Gasteiger partial charge in [0.05, 0.1) is 6.54 Å². The predicted octanol–water partition coefficient (Wildman–Crippen LogP) is 1.86. The molecular formula is C12H17ClN4O. The van der Waals surface area contributed by atoms with Gasteiger partial charge in [0.1, 0.15) is 11.6 Å². The average molecular weight is 269 g/mol. The Morgan fingerprint density at radius 1 is 1.61 bits per heavy atom. The highest BCUT2D eigenvalue weighted by molar-refractivity contribution is 6.17. The van der Waals surface area contributed by atoms with Crippen LogP contribution >= 0.6 is 11.6 Å². The molecule has 1 aromatic rings. The summed E-state index contributed by atoms with van der Waals surface area (Å²) < 4.78 is 0. The van der Waals surface area contributed by atoms with Crippen molar-refractivity contribution in [1.29, 1.82) is 0 Å². The Hall–Kier alpha value is -1.62. The Labute approximate surface area is 112 Å². The van der Waals surface area contributed by atoms with Crippen LogP contribution in [0, 0.1) is 6.92 Å². The number of nitrogen functional groups attached to an aromatic ring is 1. The third-order valence-electron chi connectivity index (χ3n) is 2.49. The van der Waals surface area contributed by atoms with Crippen molar-refractivity contribution in [2.45, 2.75) is 26.8 Å². The van der Waals surface area contributed by atoms with E-state index in [1.807, 2.05) is 13.0 Å². The maximum absolute atomic E-state index is 11.1. The highest BCUT2D eigenvalue weighted by Crippen LogP contribution is 2.13. The number of halogens is 1. The SMILES string of the molecule is CC(=CCCCl)N(C=O)Cc1cnc(C)nc1N. The van der Waals surface area contributed by atoms with Crippen molar-refractivity contribution >= 4 is 23.8 Å². The molecule has 0 spiro atoms. The molecule has 2 N–H and O–H groups in total. The van der Waals surface area contributed by atoms with Crippen molar-refractivity contribution in [2.75, 3.05) is 11.6 Å². The van der Waals surface area contributed by atoms with Gasteiger partial charge in [0.2, 0.25) is 6.41 Å². The van der Waals surface area contributed by atoms with Crippen LogP contribution < -0.4 is 5.73 Å². The Bertz CT molecular complexity index is 448. The largest absolute Gasteiger partial charge is 0.383 e. The summed E-state index contributed by atoms with van der Waals surface area (Å²) in [5.74, 6) is 1.54. The van der Waals surface area contributed by atoms with Crippen LogP contribution in [0.4, 0.5) is 5.82 Å². The monoisotopic (exact) mass is 268 g/mol. The number of hydrogen-bond donors (Lipinski definition) is 1. The van der Waals surface area contributed by atoms with Crippen molar-refractivity contribution in [3.8, 4) is 0 Å². The second-order valence-electron chi connectivity index (χ2n) is 3.88. The molecule has 5 nitrogen and oxygen atoms in total. The summed E-state index contributed by atoms with van der Waals surface area (Å²) in [6.45, 7) is 3.98. The van der Waals surface area contributed by atoms with Crippen molar-refractivity contribution in [2.24, 2.45) is 0 Å². The second-order valence-corrected chi connectivity index (χ2v) is 4.26. The van der Waals surface area contributed by atoms with E-state index in [2.05, 4.69) is 9.97 Å². The highest BCUT2D eigenvalue weighted by Gasteiger charge is 2.09. The number of allylic oxidation sites excluding steroid dienone is 2. The van der Waals surface area contributed by atoms with E-state index >= 15 is 0 Å². The Kier molecular flexibility index (Phi) is 5.58. The van der Waals surface area contributed by atoms with Gasteiger partial charge in [-0.1, -0.05) is 6.08 Å². The zero-order valence-corrected chi connectivity index (χ0v) is 11.3. The topological polar surface area (TPSA) is 72.1 Å². The Morgan fingerprint density at radius 3 is 2.89 bits per heavy atom. The summed E-state index contributed by atoms with van der Waals surface area (Å²) in [6, 6.07) is 0. The van der Waals surface area contributed by atoms with Crippen LogP contribution in [-0.4, -0.2) is 27.2 Å². The third-order valence-corrected chi connectivity index (χ3v) is 2.71. The lowest BCUT2D eigenvalue weighted by atomic mass is 10.2. The number of hydrogen-bond acceptors (Lipinski definition) is 4. The van der Waals surface area contributed by atoms with Gasteiger partial charge in [0, 0.05) is 23.3 Å². The molecule has 0 unspecified atom stereocenters. The van der Waals surface area contributed by atoms with Crippen LogP contribution in [0.5, 0.6) is 0 Å². The van der Waals surface area contributed by atoms with Gasteiger partial charge >= 0.3 is 0 Å². The number of alkyl halides is 1. The van der Waals surface area contributed by atoms with E-state index in [1.165, 1.54) is 0 Å². The Morgan fingerprint density at radius 2 is 2.33 bits per heavy atom. The van der Waals surface area contributed by atoms with Crippen LogP contribution in [-0.2, 0) is 11.3 Å². The van der Waals surface area contributed by atoms with Crippen LogP contribution in [0.1, 0.15) is 24.7 Å². The maximum Gasteiger partial charge on any atom is 0.214 e. The highest BCUT2D eigenvalue weighted by atomic mass is 35.5. The molecule has 0 saturated carbocycles. The van der Waals surface area contributed by atoms with E-state index in [9.17, 15) is 4.79 Å². The summed E-state index contributed by atoms with van der Waals surface area (Å²) in [7, 11) is 0. The summed E-state index contributed by atoms with van der Waals surface area (Å²) in [6.07, 6.45) is 5.03. The van der Waals surface area contributed by atoms with Crippen LogP contribution in [0.15, 0.2) is 18.0 Å². The number of nitrogens with zero attached hydrogens (tertiary/aromatic N) is 3. The maximum atomic E-state index is 11.1. The molecule has 6 heteroatoms. The molecule has 0 saturated heterocycles. The average Bonchev–Trinajstić information content (AvgIpc) is 2.35. The molecule has 0 aliphatic heterocycles. The number of aromatic nitrogens is 2. The van der Waals surface area contributed by atoms with Crippen LogP contribution in [0.3, 0.4) is 0 Å². The van der Waals surface area contributed by atoms with E-state index < -0.39 is 0 Å². The lowest BCUT2D eigenvalue weighted by molar-refractivity contribution is -0.116. The molecule has 0 radical (unpaired) electrons. The van der Waals surface area contributed by atoms with Crippen molar-refractivity contribution in [1.82, 2.24) is 14.9 Å². The number of anilines is 1. The zero-order valence-electron chi connectivity index (χ0n) is 10.6. The second kappa shape index (κ2) is 6.96. The minimum atomic E-state index is 0.361. The number of carbonyl (C=O) groups excluding carboxylic acids is 1. The number of amides is 1. The van der Waals surface area contributed by atoms with Gasteiger partial charge in [0.25, 0.3) is 0 Å². The molecule has 0 aliphatic rings. The fraction of sp³-hybridized carbons (Fsp3) is 0.417. The summed E-state index contributed by atoms with van der Waals surface area (Å²) in [4.78, 5) is 20.8. The van der Waals surface area contributed by atoms with Crippen molar-refractivity contribution < 1.29 is 4.79 Å². The first-order valence-corrected chi connectivity index (χ1v) is 6.14. The molecule has 0 aromatic carbocycles. The summed E-state index contributed by atoms with van der Waals surface area (Å²) >= 11 is 5.60. The fourth-order valence-corrected chi connectivity index (χ4v) is 1.55. The molecule has 98 valence electrons. The lowest BCUT2D eigenvalue weighted by Gasteiger charge is -2.18. The van der Waals surface area contributed by atoms with Gasteiger partial charge in [-0.3, -0.25) is 4.79 Å². The quantitative estimate of drug-likeness (QED) is 0.631. The van der Waals surface area contributed by atoms with Gasteiger partial charge in [-0.25, -0.2) is 9.97 Å². The standard InChI is InChI=1S/C12H17ClN4O/c1-9(4-3-5-13)17(8-18)7-11-6-15-10(2)16-12(11)14/h4,6,8H,3,5,7H2,1-2H3,(H2,14,15,16). The van der Waals surface area contributed by atoms with Gasteiger partial charge in [-0.05, 0) is 20.3 Å². The lowest BCUT2D eigenvalue weighted by Crippen LogP contribution is -2.20. The number of rotatable bonds is 6. The molecule has 1 heterocycles. The molecule has 0 atom stereocenters. The van der Waals surface area contributed by atoms with Crippen LogP contribution in [0.2, 0.25) is 0 Å². The smallest absolute Gasteiger partial charge is 0.214 e. The molecule has 0 fully saturated rings. The summed E-state index contributed by atoms with van der Waals surface area (Å²) in [5, 5.41) is 0. The zero-order chi connectivity index (χ0) is 13.5. The molecule has 0 bridgehead atoms. The van der Waals surface area contributed by atoms with Gasteiger partial charge < -0.3 is 10.6 Å². The Balaban J connectivity index is 2.82. The van der Waals surface area contributed by atoms with E-state index in [0.29, 0.717) is 24.1 Å². The van der Waals surface area contributed by atoms with E-state index in [4.69, 9.17) is 17.3 Å².